The molecule has 2 aromatic carbocycles. The molecule has 4 rings (SSSR count). The lowest BCUT2D eigenvalue weighted by atomic mass is 10.1. The molecule has 2 aromatic heterocycles. The predicted molar refractivity (Wildman–Crippen MR) is 95.9 cm³/mol. The van der Waals surface area contributed by atoms with Crippen LogP contribution in [-0.4, -0.2) is 33.6 Å². The van der Waals surface area contributed by atoms with E-state index in [9.17, 15) is 9.59 Å². The summed E-state index contributed by atoms with van der Waals surface area (Å²) in [7, 11) is 0. The molecule has 0 saturated heterocycles. The quantitative estimate of drug-likeness (QED) is 0.442. The molecule has 0 bridgehead atoms. The van der Waals surface area contributed by atoms with E-state index in [1.807, 2.05) is 30.3 Å². The first-order valence-corrected chi connectivity index (χ1v) is 7.92. The molecule has 4 aromatic rings. The van der Waals surface area contributed by atoms with Crippen molar-refractivity contribution in [1.82, 2.24) is 14.7 Å². The van der Waals surface area contributed by atoms with Gasteiger partial charge in [-0.15, -0.1) is 0 Å². The number of aromatic nitrogens is 2. The lowest BCUT2D eigenvalue weighted by Crippen LogP contribution is -2.28. The topological polar surface area (TPSA) is 83.7 Å². The molecule has 2 heterocycles. The summed E-state index contributed by atoms with van der Waals surface area (Å²) in [6, 6.07) is 14.6. The van der Waals surface area contributed by atoms with E-state index in [0.29, 0.717) is 22.1 Å². The van der Waals surface area contributed by atoms with E-state index in [1.165, 1.54) is 4.40 Å². The van der Waals surface area contributed by atoms with Crippen LogP contribution in [-0.2, 0) is 0 Å². The van der Waals surface area contributed by atoms with Gasteiger partial charge < -0.3 is 10.4 Å². The molecule has 124 valence electrons. The minimum absolute atomic E-state index is 0.140. The van der Waals surface area contributed by atoms with E-state index >= 15 is 0 Å². The molecule has 1 amide bonds. The third kappa shape index (κ3) is 2.43. The number of carbonyl (C=O) groups excluding carboxylic acids is 1. The Balaban J connectivity index is 2.09. The Hall–Kier alpha value is -3.25. The summed E-state index contributed by atoms with van der Waals surface area (Å²) in [5.41, 5.74) is 0.947. The highest BCUT2D eigenvalue weighted by molar-refractivity contribution is 6.07. The monoisotopic (exact) mass is 333 g/mol. The first kappa shape index (κ1) is 15.3. The van der Waals surface area contributed by atoms with Gasteiger partial charge in [-0.25, -0.2) is 4.98 Å². The summed E-state index contributed by atoms with van der Waals surface area (Å²) in [5.74, 6) is -0.376. The van der Waals surface area contributed by atoms with Gasteiger partial charge in [-0.3, -0.25) is 14.0 Å². The molecule has 2 N–H and O–H groups in total. The zero-order chi connectivity index (χ0) is 17.4. The van der Waals surface area contributed by atoms with E-state index in [2.05, 4.69) is 10.3 Å². The first-order chi connectivity index (χ1) is 12.2. The molecule has 0 unspecified atom stereocenters. The van der Waals surface area contributed by atoms with Crippen molar-refractivity contribution in [2.24, 2.45) is 0 Å². The molecule has 6 heteroatoms. The highest BCUT2D eigenvalue weighted by Gasteiger charge is 2.15. The third-order valence-electron chi connectivity index (χ3n) is 4.18. The van der Waals surface area contributed by atoms with Gasteiger partial charge in [0.25, 0.3) is 11.5 Å². The normalized spacial score (nSPS) is 11.2. The largest absolute Gasteiger partial charge is 0.395 e. The summed E-state index contributed by atoms with van der Waals surface area (Å²) in [6.45, 7) is -0.0158. The summed E-state index contributed by atoms with van der Waals surface area (Å²) < 4.78 is 1.38. The van der Waals surface area contributed by atoms with Crippen molar-refractivity contribution in [3.8, 4) is 0 Å². The fourth-order valence-corrected chi connectivity index (χ4v) is 3.00. The van der Waals surface area contributed by atoms with Crippen LogP contribution >= 0.6 is 0 Å². The SMILES string of the molecule is O=C(NCCO)c1cccn2c(=O)c3ccc4ccccc4c3nc12. The molecule has 0 fully saturated rings. The van der Waals surface area contributed by atoms with Crippen LogP contribution in [0.1, 0.15) is 10.4 Å². The standard InChI is InChI=1S/C19H15N3O3/c23-11-9-20-18(24)15-6-3-10-22-17(15)21-16-13-5-2-1-4-12(13)7-8-14(16)19(22)25/h1-8,10,23H,9,11H2,(H,20,24). The number of pyridine rings is 1. The molecule has 0 aliphatic rings. The summed E-state index contributed by atoms with van der Waals surface area (Å²) in [6.07, 6.45) is 1.60. The van der Waals surface area contributed by atoms with Crippen molar-refractivity contribution in [2.45, 2.75) is 0 Å². The van der Waals surface area contributed by atoms with Gasteiger partial charge in [0, 0.05) is 18.1 Å². The van der Waals surface area contributed by atoms with Gasteiger partial charge in [0.05, 0.1) is 23.1 Å². The van der Waals surface area contributed by atoms with Gasteiger partial charge in [0.2, 0.25) is 0 Å². The van der Waals surface area contributed by atoms with Gasteiger partial charge in [0.1, 0.15) is 0 Å². The number of nitrogens with one attached hydrogen (secondary N) is 1. The fraction of sp³-hybridized carbons (Fsp3) is 0.105. The van der Waals surface area contributed by atoms with Crippen LogP contribution in [0.4, 0.5) is 0 Å². The Morgan fingerprint density at radius 2 is 1.92 bits per heavy atom. The average molecular weight is 333 g/mol. The molecule has 0 spiro atoms. The second kappa shape index (κ2) is 5.99. The molecule has 6 nitrogen and oxygen atoms in total. The fourth-order valence-electron chi connectivity index (χ4n) is 3.00. The lowest BCUT2D eigenvalue weighted by Gasteiger charge is -2.10. The van der Waals surface area contributed by atoms with Crippen LogP contribution in [0, 0.1) is 0 Å². The van der Waals surface area contributed by atoms with Crippen LogP contribution in [0.15, 0.2) is 59.5 Å². The van der Waals surface area contributed by atoms with Gasteiger partial charge in [-0.1, -0.05) is 30.3 Å². The van der Waals surface area contributed by atoms with E-state index in [-0.39, 0.29) is 24.6 Å². The van der Waals surface area contributed by atoms with E-state index in [1.54, 1.807) is 24.4 Å². The molecular weight excluding hydrogens is 318 g/mol. The molecular formula is C19H15N3O3. The van der Waals surface area contributed by atoms with Crippen LogP contribution < -0.4 is 10.9 Å². The summed E-state index contributed by atoms with van der Waals surface area (Å²) >= 11 is 0. The number of fused-ring (bicyclic) bond motifs is 4. The Labute approximate surface area is 142 Å². The predicted octanol–water partition coefficient (Wildman–Crippen LogP) is 1.72. The Bertz CT molecular complexity index is 1180. The second-order valence-corrected chi connectivity index (χ2v) is 5.69. The Kier molecular flexibility index (Phi) is 3.66. The first-order valence-electron chi connectivity index (χ1n) is 7.92. The van der Waals surface area contributed by atoms with Crippen molar-refractivity contribution in [2.75, 3.05) is 13.2 Å². The van der Waals surface area contributed by atoms with Crippen molar-refractivity contribution in [3.63, 3.8) is 0 Å². The number of aliphatic hydroxyl groups is 1. The maximum absolute atomic E-state index is 12.9. The maximum atomic E-state index is 12.9. The molecule has 0 radical (unpaired) electrons. The van der Waals surface area contributed by atoms with E-state index < -0.39 is 0 Å². The van der Waals surface area contributed by atoms with Crippen LogP contribution in [0.3, 0.4) is 0 Å². The van der Waals surface area contributed by atoms with Crippen LogP contribution in [0.5, 0.6) is 0 Å². The average Bonchev–Trinajstić information content (AvgIpc) is 2.66. The van der Waals surface area contributed by atoms with Crippen LogP contribution in [0.25, 0.3) is 27.3 Å². The number of amides is 1. The highest BCUT2D eigenvalue weighted by Crippen LogP contribution is 2.22. The van der Waals surface area contributed by atoms with Crippen LogP contribution in [0.2, 0.25) is 0 Å². The van der Waals surface area contributed by atoms with Gasteiger partial charge in [-0.2, -0.15) is 0 Å². The zero-order valence-corrected chi connectivity index (χ0v) is 13.3. The smallest absolute Gasteiger partial charge is 0.265 e. The number of rotatable bonds is 3. The molecule has 0 saturated carbocycles. The van der Waals surface area contributed by atoms with E-state index in [4.69, 9.17) is 5.11 Å². The summed E-state index contributed by atoms with van der Waals surface area (Å²) in [4.78, 5) is 29.9. The minimum Gasteiger partial charge on any atom is -0.395 e. The number of nitrogens with zero attached hydrogens (tertiary/aromatic N) is 2. The second-order valence-electron chi connectivity index (χ2n) is 5.69. The number of hydrogen-bond donors (Lipinski definition) is 2. The summed E-state index contributed by atoms with van der Waals surface area (Å²) in [5, 5.41) is 13.8. The molecule has 25 heavy (non-hydrogen) atoms. The van der Waals surface area contributed by atoms with Crippen molar-refractivity contribution >= 4 is 33.2 Å². The molecule has 0 aliphatic heterocycles. The Morgan fingerprint density at radius 3 is 2.76 bits per heavy atom. The third-order valence-corrected chi connectivity index (χ3v) is 4.18. The Morgan fingerprint density at radius 1 is 1.08 bits per heavy atom. The van der Waals surface area contributed by atoms with Crippen molar-refractivity contribution < 1.29 is 9.90 Å². The van der Waals surface area contributed by atoms with E-state index in [0.717, 1.165) is 10.8 Å². The van der Waals surface area contributed by atoms with Crippen molar-refractivity contribution in [1.29, 1.82) is 0 Å². The van der Waals surface area contributed by atoms with Gasteiger partial charge >= 0.3 is 0 Å². The zero-order valence-electron chi connectivity index (χ0n) is 13.3. The maximum Gasteiger partial charge on any atom is 0.265 e. The molecule has 0 aliphatic carbocycles. The number of benzene rings is 2. The highest BCUT2D eigenvalue weighted by atomic mass is 16.3. The van der Waals surface area contributed by atoms with Crippen molar-refractivity contribution in [3.05, 3.63) is 70.6 Å². The number of carbonyl (C=O) groups is 1. The number of hydrogen-bond acceptors (Lipinski definition) is 4. The van der Waals surface area contributed by atoms with Gasteiger partial charge in [-0.05, 0) is 23.6 Å². The number of aliphatic hydroxyl groups excluding tert-OH is 1. The minimum atomic E-state index is -0.376. The molecule has 0 atom stereocenters. The lowest BCUT2D eigenvalue weighted by molar-refractivity contribution is 0.0946. The van der Waals surface area contributed by atoms with Gasteiger partial charge in [0.15, 0.2) is 5.65 Å².